The lowest BCUT2D eigenvalue weighted by molar-refractivity contribution is -0.111. The van der Waals surface area contributed by atoms with Crippen LogP contribution in [0.2, 0.25) is 5.02 Å². The van der Waals surface area contributed by atoms with Crippen molar-refractivity contribution in [2.24, 2.45) is 0 Å². The Balaban J connectivity index is 2.10. The lowest BCUT2D eigenvalue weighted by Crippen LogP contribution is -2.07. The third-order valence-corrected chi connectivity index (χ3v) is 4.41. The molecular formula is C16H13ClN2OS. The molecule has 0 atom stereocenters. The summed E-state index contributed by atoms with van der Waals surface area (Å²) in [5.74, 6) is -0.261. The van der Waals surface area contributed by atoms with Crippen molar-refractivity contribution in [3.8, 4) is 6.07 Å². The second-order valence-corrected chi connectivity index (χ2v) is 6.13. The van der Waals surface area contributed by atoms with E-state index in [1.54, 1.807) is 18.2 Å². The Morgan fingerprint density at radius 2 is 2.00 bits per heavy atom. The first kappa shape index (κ1) is 15.3. The lowest BCUT2D eigenvalue weighted by atomic mass is 10.2. The van der Waals surface area contributed by atoms with Gasteiger partial charge in [0.25, 0.3) is 0 Å². The molecule has 5 heteroatoms. The third kappa shape index (κ3) is 3.72. The number of anilines is 1. The van der Waals surface area contributed by atoms with E-state index in [9.17, 15) is 4.79 Å². The topological polar surface area (TPSA) is 52.9 Å². The van der Waals surface area contributed by atoms with E-state index in [1.165, 1.54) is 17.4 Å². The molecule has 0 saturated carbocycles. The van der Waals surface area contributed by atoms with Crippen molar-refractivity contribution < 1.29 is 4.79 Å². The van der Waals surface area contributed by atoms with Gasteiger partial charge in [0, 0.05) is 16.0 Å². The van der Waals surface area contributed by atoms with E-state index in [-0.39, 0.29) is 5.91 Å². The van der Waals surface area contributed by atoms with E-state index in [0.29, 0.717) is 15.6 Å². The van der Waals surface area contributed by atoms with Gasteiger partial charge in [-0.05, 0) is 43.2 Å². The Bertz CT molecular complexity index is 739. The maximum Gasteiger partial charge on any atom is 0.249 e. The van der Waals surface area contributed by atoms with Crippen LogP contribution in [0.4, 0.5) is 5.00 Å². The first-order valence-electron chi connectivity index (χ1n) is 6.26. The summed E-state index contributed by atoms with van der Waals surface area (Å²) in [6.45, 7) is 3.81. The summed E-state index contributed by atoms with van der Waals surface area (Å²) >= 11 is 7.21. The summed E-state index contributed by atoms with van der Waals surface area (Å²) in [6.07, 6.45) is 3.14. The van der Waals surface area contributed by atoms with Gasteiger partial charge in [0.1, 0.15) is 11.1 Å². The van der Waals surface area contributed by atoms with Gasteiger partial charge in [0.05, 0.1) is 5.56 Å². The number of carbonyl (C=O) groups is 1. The number of benzene rings is 1. The van der Waals surface area contributed by atoms with Gasteiger partial charge in [-0.1, -0.05) is 23.7 Å². The minimum Gasteiger partial charge on any atom is -0.313 e. The van der Waals surface area contributed by atoms with Gasteiger partial charge in [0.15, 0.2) is 0 Å². The maximum atomic E-state index is 11.9. The summed E-state index contributed by atoms with van der Waals surface area (Å²) in [4.78, 5) is 12.9. The molecule has 1 heterocycles. The van der Waals surface area contributed by atoms with Crippen LogP contribution < -0.4 is 5.32 Å². The zero-order valence-corrected chi connectivity index (χ0v) is 13.2. The highest BCUT2D eigenvalue weighted by molar-refractivity contribution is 7.16. The number of carbonyl (C=O) groups excluding carboxylic acids is 1. The van der Waals surface area contributed by atoms with Crippen LogP contribution in [0.15, 0.2) is 30.3 Å². The quantitative estimate of drug-likeness (QED) is 0.845. The number of halogens is 1. The number of hydrogen-bond acceptors (Lipinski definition) is 3. The number of rotatable bonds is 3. The minimum absolute atomic E-state index is 0.261. The van der Waals surface area contributed by atoms with Crippen molar-refractivity contribution in [3.05, 3.63) is 56.9 Å². The van der Waals surface area contributed by atoms with Gasteiger partial charge in [-0.25, -0.2) is 0 Å². The number of aryl methyl sites for hydroxylation is 1. The second-order valence-electron chi connectivity index (χ2n) is 4.47. The van der Waals surface area contributed by atoms with Crippen LogP contribution in [-0.2, 0) is 4.79 Å². The molecule has 0 aliphatic rings. The molecule has 0 fully saturated rings. The molecule has 1 N–H and O–H groups in total. The van der Waals surface area contributed by atoms with E-state index < -0.39 is 0 Å². The number of nitrogens with zero attached hydrogens (tertiary/aromatic N) is 1. The molecule has 2 rings (SSSR count). The highest BCUT2D eigenvalue weighted by atomic mass is 35.5. The van der Waals surface area contributed by atoms with Crippen molar-refractivity contribution in [1.82, 2.24) is 0 Å². The van der Waals surface area contributed by atoms with Crippen LogP contribution in [0.5, 0.6) is 0 Å². The van der Waals surface area contributed by atoms with Crippen LogP contribution in [0.25, 0.3) is 6.08 Å². The summed E-state index contributed by atoms with van der Waals surface area (Å²) in [5, 5.41) is 13.1. The standard InChI is InChI=1S/C16H13ClN2OS/c1-10-11(2)21-16(14(10)9-18)19-15(20)8-5-12-3-6-13(17)7-4-12/h3-8H,1-2H3,(H,19,20)/b8-5+. The van der Waals surface area contributed by atoms with Crippen LogP contribution in [0, 0.1) is 25.2 Å². The van der Waals surface area contributed by atoms with E-state index >= 15 is 0 Å². The SMILES string of the molecule is Cc1sc(NC(=O)/C=C/c2ccc(Cl)cc2)c(C#N)c1C. The van der Waals surface area contributed by atoms with Crippen molar-refractivity contribution in [2.45, 2.75) is 13.8 Å². The van der Waals surface area contributed by atoms with Gasteiger partial charge >= 0.3 is 0 Å². The predicted molar refractivity (Wildman–Crippen MR) is 87.6 cm³/mol. The Labute approximate surface area is 132 Å². The highest BCUT2D eigenvalue weighted by Gasteiger charge is 2.13. The van der Waals surface area contributed by atoms with Gasteiger partial charge < -0.3 is 5.32 Å². The van der Waals surface area contributed by atoms with Gasteiger partial charge in [-0.15, -0.1) is 11.3 Å². The molecule has 3 nitrogen and oxygen atoms in total. The maximum absolute atomic E-state index is 11.9. The fourth-order valence-corrected chi connectivity index (χ4v) is 2.89. The minimum atomic E-state index is -0.261. The number of nitriles is 1. The van der Waals surface area contributed by atoms with E-state index in [4.69, 9.17) is 16.9 Å². The molecule has 0 bridgehead atoms. The molecule has 1 aromatic heterocycles. The number of nitrogens with one attached hydrogen (secondary N) is 1. The Hall–Kier alpha value is -2.09. The average Bonchev–Trinajstić information content (AvgIpc) is 2.72. The molecule has 0 aliphatic heterocycles. The van der Waals surface area contributed by atoms with Gasteiger partial charge in [0.2, 0.25) is 5.91 Å². The van der Waals surface area contributed by atoms with E-state index in [0.717, 1.165) is 16.0 Å². The van der Waals surface area contributed by atoms with Crippen molar-refractivity contribution in [3.63, 3.8) is 0 Å². The van der Waals surface area contributed by atoms with Crippen LogP contribution >= 0.6 is 22.9 Å². The first-order chi connectivity index (χ1) is 10.0. The first-order valence-corrected chi connectivity index (χ1v) is 7.45. The molecule has 0 radical (unpaired) electrons. The monoisotopic (exact) mass is 316 g/mol. The van der Waals surface area contributed by atoms with Gasteiger partial charge in [-0.2, -0.15) is 5.26 Å². The molecule has 1 amide bonds. The zero-order chi connectivity index (χ0) is 15.4. The lowest BCUT2D eigenvalue weighted by Gasteiger charge is -1.99. The fraction of sp³-hybridized carbons (Fsp3) is 0.125. The van der Waals surface area contributed by atoms with Crippen LogP contribution in [0.3, 0.4) is 0 Å². The molecule has 21 heavy (non-hydrogen) atoms. The smallest absolute Gasteiger partial charge is 0.249 e. The molecule has 0 saturated heterocycles. The molecule has 106 valence electrons. The second kappa shape index (κ2) is 6.57. The Kier molecular flexibility index (Phi) is 4.79. The van der Waals surface area contributed by atoms with Crippen LogP contribution in [0.1, 0.15) is 21.6 Å². The largest absolute Gasteiger partial charge is 0.313 e. The molecule has 1 aromatic carbocycles. The Morgan fingerprint density at radius 1 is 1.33 bits per heavy atom. The number of hydrogen-bond donors (Lipinski definition) is 1. The predicted octanol–water partition coefficient (Wildman–Crippen LogP) is 4.54. The molecule has 0 aliphatic carbocycles. The van der Waals surface area contributed by atoms with E-state index in [2.05, 4.69) is 11.4 Å². The molecular weight excluding hydrogens is 304 g/mol. The van der Waals surface area contributed by atoms with Crippen LogP contribution in [-0.4, -0.2) is 5.91 Å². The summed E-state index contributed by atoms with van der Waals surface area (Å²) in [6, 6.07) is 9.30. The average molecular weight is 317 g/mol. The number of thiophene rings is 1. The fourth-order valence-electron chi connectivity index (χ4n) is 1.75. The molecule has 2 aromatic rings. The normalized spacial score (nSPS) is 10.6. The van der Waals surface area contributed by atoms with E-state index in [1.807, 2.05) is 26.0 Å². The van der Waals surface area contributed by atoms with Crippen molar-refractivity contribution in [2.75, 3.05) is 5.32 Å². The Morgan fingerprint density at radius 3 is 2.62 bits per heavy atom. The molecule has 0 unspecified atom stereocenters. The zero-order valence-electron chi connectivity index (χ0n) is 11.6. The summed E-state index contributed by atoms with van der Waals surface area (Å²) in [5.41, 5.74) is 2.33. The van der Waals surface area contributed by atoms with Crippen molar-refractivity contribution in [1.29, 1.82) is 5.26 Å². The van der Waals surface area contributed by atoms with Crippen molar-refractivity contribution >= 4 is 39.9 Å². The number of amides is 1. The third-order valence-electron chi connectivity index (χ3n) is 3.03. The van der Waals surface area contributed by atoms with Gasteiger partial charge in [-0.3, -0.25) is 4.79 Å². The highest BCUT2D eigenvalue weighted by Crippen LogP contribution is 2.31. The summed E-state index contributed by atoms with van der Waals surface area (Å²) in [7, 11) is 0. The summed E-state index contributed by atoms with van der Waals surface area (Å²) < 4.78 is 0. The molecule has 0 spiro atoms.